The minimum atomic E-state index is -1.27. The summed E-state index contributed by atoms with van der Waals surface area (Å²) in [5, 5.41) is 0. The first kappa shape index (κ1) is 15.8. The van der Waals surface area contributed by atoms with Crippen molar-refractivity contribution in [1.82, 2.24) is 0 Å². The molecule has 5 nitrogen and oxygen atoms in total. The molecule has 6 heteroatoms. The van der Waals surface area contributed by atoms with Crippen molar-refractivity contribution < 1.29 is 23.2 Å². The lowest BCUT2D eigenvalue weighted by molar-refractivity contribution is -0.125. The number of hydrogen-bond donors (Lipinski definition) is 0. The van der Waals surface area contributed by atoms with Crippen LogP contribution in [0.1, 0.15) is 39.2 Å². The Balaban J connectivity index is 1.89. The molecule has 1 unspecified atom stereocenters. The molecule has 3 heterocycles. The van der Waals surface area contributed by atoms with Crippen molar-refractivity contribution in [2.75, 3.05) is 13.7 Å². The highest BCUT2D eigenvalue weighted by Gasteiger charge is 2.57. The van der Waals surface area contributed by atoms with Crippen LogP contribution in [0.15, 0.2) is 29.0 Å². The lowest BCUT2D eigenvalue weighted by Crippen LogP contribution is -2.47. The van der Waals surface area contributed by atoms with Gasteiger partial charge in [0.05, 0.1) is 13.7 Å². The van der Waals surface area contributed by atoms with Gasteiger partial charge in [-0.3, -0.25) is 4.21 Å². The summed E-state index contributed by atoms with van der Waals surface area (Å²) in [5.74, 6) is 1.98. The molecule has 0 saturated carbocycles. The minimum Gasteiger partial charge on any atom is -0.497 e. The maximum atomic E-state index is 13.0. The lowest BCUT2D eigenvalue weighted by atomic mass is 9.74. The summed E-state index contributed by atoms with van der Waals surface area (Å²) in [6.07, 6.45) is 0. The largest absolute Gasteiger partial charge is 0.497 e. The highest BCUT2D eigenvalue weighted by Crippen LogP contribution is 2.56. The Labute approximate surface area is 144 Å². The van der Waals surface area contributed by atoms with Crippen molar-refractivity contribution in [2.24, 2.45) is 5.92 Å². The number of rotatable bonds is 1. The predicted molar refractivity (Wildman–Crippen MR) is 90.2 cm³/mol. The van der Waals surface area contributed by atoms with Gasteiger partial charge < -0.3 is 18.9 Å². The summed E-state index contributed by atoms with van der Waals surface area (Å²) in [4.78, 5) is -0.0281. The highest BCUT2D eigenvalue weighted by molar-refractivity contribution is 7.90. The van der Waals surface area contributed by atoms with E-state index in [1.165, 1.54) is 0 Å². The Bertz CT molecular complexity index is 765. The van der Waals surface area contributed by atoms with Gasteiger partial charge in [0, 0.05) is 23.5 Å². The zero-order valence-electron chi connectivity index (χ0n) is 14.5. The Hall–Kier alpha value is -1.69. The third-order valence-electron chi connectivity index (χ3n) is 5.09. The van der Waals surface area contributed by atoms with Gasteiger partial charge in [0.2, 0.25) is 0 Å². The molecule has 0 radical (unpaired) electrons. The standard InChI is InChI=1S/C18H22O5S/c1-17(2)12-9-21-13-8-10(20-5)6-7-11(13)14(12)15-16(22-17)23-18(3,4)24(15)19/h6-8,12,14H,9H2,1-5H3/t12-,14+,24?/m0/s1. The number of methoxy groups -OCH3 is 1. The van der Waals surface area contributed by atoms with E-state index in [-0.39, 0.29) is 11.8 Å². The topological polar surface area (TPSA) is 54.0 Å². The van der Waals surface area contributed by atoms with Gasteiger partial charge in [-0.15, -0.1) is 0 Å². The molecule has 0 N–H and O–H groups in total. The van der Waals surface area contributed by atoms with Crippen LogP contribution in [0.2, 0.25) is 0 Å². The van der Waals surface area contributed by atoms with Crippen LogP contribution < -0.4 is 9.47 Å². The van der Waals surface area contributed by atoms with Gasteiger partial charge in [-0.25, -0.2) is 0 Å². The number of hydrogen-bond acceptors (Lipinski definition) is 5. The van der Waals surface area contributed by atoms with Crippen molar-refractivity contribution in [1.29, 1.82) is 0 Å². The SMILES string of the molecule is COc1ccc2c(c1)OC[C@H]1[C@@H]2C2=C(OC1(C)C)OC(C)(C)S2=O. The quantitative estimate of drug-likeness (QED) is 0.778. The van der Waals surface area contributed by atoms with E-state index in [9.17, 15) is 4.21 Å². The Morgan fingerprint density at radius 3 is 2.67 bits per heavy atom. The summed E-state index contributed by atoms with van der Waals surface area (Å²) in [6.45, 7) is 8.24. The van der Waals surface area contributed by atoms with E-state index >= 15 is 0 Å². The molecule has 0 aromatic heterocycles. The summed E-state index contributed by atoms with van der Waals surface area (Å²) >= 11 is 0. The average Bonchev–Trinajstić information content (AvgIpc) is 2.74. The number of benzene rings is 1. The third kappa shape index (κ3) is 2.08. The van der Waals surface area contributed by atoms with Gasteiger partial charge in [0.15, 0.2) is 4.93 Å². The molecular weight excluding hydrogens is 328 g/mol. The van der Waals surface area contributed by atoms with Crippen LogP contribution >= 0.6 is 0 Å². The van der Waals surface area contributed by atoms with Crippen molar-refractivity contribution in [3.8, 4) is 11.5 Å². The predicted octanol–water partition coefficient (Wildman–Crippen LogP) is 3.28. The Kier molecular flexibility index (Phi) is 3.24. The summed E-state index contributed by atoms with van der Waals surface area (Å²) in [7, 11) is 0.363. The van der Waals surface area contributed by atoms with Crippen molar-refractivity contribution >= 4 is 10.8 Å². The maximum absolute atomic E-state index is 13.0. The zero-order valence-corrected chi connectivity index (χ0v) is 15.4. The van der Waals surface area contributed by atoms with Gasteiger partial charge in [-0.05, 0) is 33.8 Å². The van der Waals surface area contributed by atoms with E-state index in [2.05, 4.69) is 0 Å². The lowest BCUT2D eigenvalue weighted by Gasteiger charge is -2.45. The summed E-state index contributed by atoms with van der Waals surface area (Å²) < 4.78 is 36.3. The van der Waals surface area contributed by atoms with Crippen LogP contribution in [0.25, 0.3) is 0 Å². The van der Waals surface area contributed by atoms with Crippen LogP contribution in [-0.4, -0.2) is 28.5 Å². The van der Waals surface area contributed by atoms with Crippen LogP contribution in [0.5, 0.6) is 11.5 Å². The van der Waals surface area contributed by atoms with E-state index in [0.29, 0.717) is 12.6 Å². The molecule has 0 aliphatic carbocycles. The van der Waals surface area contributed by atoms with Gasteiger partial charge in [-0.2, -0.15) is 0 Å². The molecule has 0 bridgehead atoms. The normalized spacial score (nSPS) is 31.8. The second kappa shape index (κ2) is 4.91. The van der Waals surface area contributed by atoms with Gasteiger partial charge in [-0.1, -0.05) is 6.07 Å². The molecule has 130 valence electrons. The van der Waals surface area contributed by atoms with E-state index in [1.54, 1.807) is 7.11 Å². The van der Waals surface area contributed by atoms with E-state index in [4.69, 9.17) is 18.9 Å². The second-order valence-electron chi connectivity index (χ2n) is 7.43. The first-order valence-corrected chi connectivity index (χ1v) is 9.24. The van der Waals surface area contributed by atoms with E-state index in [0.717, 1.165) is 22.0 Å². The molecule has 1 aromatic rings. The number of ether oxygens (including phenoxy) is 4. The van der Waals surface area contributed by atoms with Gasteiger partial charge in [0.25, 0.3) is 5.95 Å². The van der Waals surface area contributed by atoms with Crippen LogP contribution in [0.4, 0.5) is 0 Å². The molecular formula is C18H22O5S. The smallest absolute Gasteiger partial charge is 0.294 e. The van der Waals surface area contributed by atoms with Crippen LogP contribution in [0.3, 0.4) is 0 Å². The fraction of sp³-hybridized carbons (Fsp3) is 0.556. The average molecular weight is 350 g/mol. The van der Waals surface area contributed by atoms with Crippen molar-refractivity contribution in [3.63, 3.8) is 0 Å². The molecule has 3 aliphatic rings. The molecule has 0 saturated heterocycles. The Morgan fingerprint density at radius 2 is 1.96 bits per heavy atom. The second-order valence-corrected chi connectivity index (χ2v) is 9.39. The molecule has 24 heavy (non-hydrogen) atoms. The fourth-order valence-electron chi connectivity index (χ4n) is 3.72. The van der Waals surface area contributed by atoms with Crippen LogP contribution in [0, 0.1) is 5.92 Å². The first-order valence-electron chi connectivity index (χ1n) is 8.09. The molecule has 0 fully saturated rings. The molecule has 1 aromatic carbocycles. The maximum Gasteiger partial charge on any atom is 0.294 e. The van der Waals surface area contributed by atoms with Crippen molar-refractivity contribution in [2.45, 2.75) is 44.1 Å². The van der Waals surface area contributed by atoms with Gasteiger partial charge in [0.1, 0.15) is 32.8 Å². The molecule has 3 atom stereocenters. The monoisotopic (exact) mass is 350 g/mol. The molecule has 4 rings (SSSR count). The number of fused-ring (bicyclic) bond motifs is 4. The van der Waals surface area contributed by atoms with E-state index < -0.39 is 21.3 Å². The zero-order chi connectivity index (χ0) is 17.3. The molecule has 3 aliphatic heterocycles. The summed E-state index contributed by atoms with van der Waals surface area (Å²) in [6, 6.07) is 5.80. The third-order valence-corrected chi connectivity index (χ3v) is 6.89. The van der Waals surface area contributed by atoms with Crippen molar-refractivity contribution in [3.05, 3.63) is 34.6 Å². The minimum absolute atomic E-state index is 0.0407. The van der Waals surface area contributed by atoms with Gasteiger partial charge >= 0.3 is 0 Å². The Morgan fingerprint density at radius 1 is 1.21 bits per heavy atom. The van der Waals surface area contributed by atoms with Crippen LogP contribution in [-0.2, 0) is 20.3 Å². The molecule has 0 amide bonds. The summed E-state index contributed by atoms with van der Waals surface area (Å²) in [5.41, 5.74) is 0.553. The fourth-order valence-corrected chi connectivity index (χ4v) is 5.16. The molecule has 0 spiro atoms. The number of allylic oxidation sites excluding steroid dienone is 1. The first-order chi connectivity index (χ1) is 11.2. The highest BCUT2D eigenvalue weighted by atomic mass is 32.2. The van der Waals surface area contributed by atoms with E-state index in [1.807, 2.05) is 45.9 Å².